The summed E-state index contributed by atoms with van der Waals surface area (Å²) >= 11 is 0. The number of imide groups is 1. The van der Waals surface area contributed by atoms with Gasteiger partial charge in [0.25, 0.3) is 11.8 Å². The van der Waals surface area contributed by atoms with Gasteiger partial charge in [-0.05, 0) is 23.8 Å². The first-order chi connectivity index (χ1) is 8.22. The van der Waals surface area contributed by atoms with E-state index in [4.69, 9.17) is 0 Å². The average Bonchev–Trinajstić information content (AvgIpc) is 2.67. The Balaban J connectivity index is 2.24. The number of hydrogen-bond donors (Lipinski definition) is 0. The third-order valence-corrected chi connectivity index (χ3v) is 2.33. The van der Waals surface area contributed by atoms with Gasteiger partial charge >= 0.3 is 0 Å². The number of aldehydes is 1. The van der Waals surface area contributed by atoms with Crippen LogP contribution >= 0.6 is 0 Å². The number of hydrogen-bond acceptors (Lipinski definition) is 3. The van der Waals surface area contributed by atoms with Crippen molar-refractivity contribution in [3.63, 3.8) is 0 Å². The summed E-state index contributed by atoms with van der Waals surface area (Å²) < 4.78 is 0. The molecule has 4 nitrogen and oxygen atoms in total. The van der Waals surface area contributed by atoms with Gasteiger partial charge in [-0.1, -0.05) is 18.2 Å². The molecular formula is C13H9NO3. The first-order valence-electron chi connectivity index (χ1n) is 5.00. The van der Waals surface area contributed by atoms with E-state index < -0.39 is 0 Å². The van der Waals surface area contributed by atoms with Crippen molar-refractivity contribution < 1.29 is 14.4 Å². The van der Waals surface area contributed by atoms with Crippen LogP contribution in [0.3, 0.4) is 0 Å². The van der Waals surface area contributed by atoms with Gasteiger partial charge in [0.2, 0.25) is 0 Å². The van der Waals surface area contributed by atoms with Gasteiger partial charge in [0, 0.05) is 12.2 Å². The SMILES string of the molecule is O=CC=Cc1ccc(N2C(=O)C=CC2=O)cc1. The molecule has 0 aliphatic carbocycles. The molecule has 2 rings (SSSR count). The van der Waals surface area contributed by atoms with E-state index in [0.29, 0.717) is 12.0 Å². The van der Waals surface area contributed by atoms with E-state index in [0.717, 1.165) is 10.5 Å². The van der Waals surface area contributed by atoms with Gasteiger partial charge < -0.3 is 0 Å². The molecule has 1 aromatic rings. The molecule has 0 saturated carbocycles. The zero-order valence-corrected chi connectivity index (χ0v) is 8.87. The quantitative estimate of drug-likeness (QED) is 0.444. The van der Waals surface area contributed by atoms with Gasteiger partial charge in [-0.15, -0.1) is 0 Å². The minimum absolute atomic E-state index is 0.341. The maximum Gasteiger partial charge on any atom is 0.258 e. The second-order valence-corrected chi connectivity index (χ2v) is 3.43. The molecule has 4 heteroatoms. The smallest absolute Gasteiger partial charge is 0.258 e. The van der Waals surface area contributed by atoms with Gasteiger partial charge in [0.05, 0.1) is 5.69 Å². The van der Waals surface area contributed by atoms with Crippen LogP contribution in [0.15, 0.2) is 42.5 Å². The number of rotatable bonds is 3. The molecule has 1 aliphatic rings. The van der Waals surface area contributed by atoms with Gasteiger partial charge in [0.15, 0.2) is 0 Å². The van der Waals surface area contributed by atoms with E-state index in [1.807, 2.05) is 0 Å². The Bertz CT molecular complexity index is 508. The van der Waals surface area contributed by atoms with Crippen LogP contribution in [-0.2, 0) is 14.4 Å². The van der Waals surface area contributed by atoms with Crippen LogP contribution in [0.1, 0.15) is 5.56 Å². The van der Waals surface area contributed by atoms with Crippen molar-refractivity contribution in [3.05, 3.63) is 48.1 Å². The predicted molar refractivity (Wildman–Crippen MR) is 63.2 cm³/mol. The Morgan fingerprint density at radius 2 is 1.53 bits per heavy atom. The molecule has 0 spiro atoms. The highest BCUT2D eigenvalue weighted by atomic mass is 16.2. The zero-order valence-electron chi connectivity index (χ0n) is 8.87. The average molecular weight is 227 g/mol. The number of nitrogens with zero attached hydrogens (tertiary/aromatic N) is 1. The maximum absolute atomic E-state index is 11.4. The number of allylic oxidation sites excluding steroid dienone is 1. The van der Waals surface area contributed by atoms with Crippen molar-refractivity contribution in [3.8, 4) is 0 Å². The largest absolute Gasteiger partial charge is 0.299 e. The van der Waals surface area contributed by atoms with Gasteiger partial charge in [-0.25, -0.2) is 4.90 Å². The lowest BCUT2D eigenvalue weighted by molar-refractivity contribution is -0.120. The van der Waals surface area contributed by atoms with E-state index in [1.54, 1.807) is 30.3 Å². The van der Waals surface area contributed by atoms with Crippen LogP contribution in [0.5, 0.6) is 0 Å². The maximum atomic E-state index is 11.4. The minimum atomic E-state index is -0.341. The molecule has 0 unspecified atom stereocenters. The van der Waals surface area contributed by atoms with E-state index in [9.17, 15) is 14.4 Å². The van der Waals surface area contributed by atoms with Gasteiger partial charge in [0.1, 0.15) is 6.29 Å². The number of carbonyl (C=O) groups is 3. The molecule has 0 N–H and O–H groups in total. The van der Waals surface area contributed by atoms with Crippen LogP contribution in [0.4, 0.5) is 5.69 Å². The number of carbonyl (C=O) groups excluding carboxylic acids is 3. The first kappa shape index (κ1) is 11.0. The number of benzene rings is 1. The fourth-order valence-corrected chi connectivity index (χ4v) is 1.54. The fourth-order valence-electron chi connectivity index (χ4n) is 1.54. The second kappa shape index (κ2) is 4.57. The van der Waals surface area contributed by atoms with E-state index in [-0.39, 0.29) is 11.8 Å². The van der Waals surface area contributed by atoms with Crippen LogP contribution < -0.4 is 4.90 Å². The lowest BCUT2D eigenvalue weighted by Crippen LogP contribution is -2.29. The molecule has 2 amide bonds. The summed E-state index contributed by atoms with van der Waals surface area (Å²) in [7, 11) is 0. The van der Waals surface area contributed by atoms with Crippen molar-refractivity contribution >= 4 is 29.9 Å². The van der Waals surface area contributed by atoms with Crippen LogP contribution in [0.2, 0.25) is 0 Å². The normalized spacial score (nSPS) is 14.9. The predicted octanol–water partition coefficient (Wildman–Crippen LogP) is 1.33. The Morgan fingerprint density at radius 3 is 2.06 bits per heavy atom. The molecule has 0 radical (unpaired) electrons. The summed E-state index contributed by atoms with van der Waals surface area (Å²) in [5.41, 5.74) is 1.35. The Hall–Kier alpha value is -2.49. The highest BCUT2D eigenvalue weighted by Crippen LogP contribution is 2.19. The third-order valence-electron chi connectivity index (χ3n) is 2.33. The molecule has 0 atom stereocenters. The third kappa shape index (κ3) is 2.20. The summed E-state index contributed by atoms with van der Waals surface area (Å²) in [5.74, 6) is -0.683. The molecule has 1 heterocycles. The highest BCUT2D eigenvalue weighted by molar-refractivity contribution is 6.28. The lowest BCUT2D eigenvalue weighted by Gasteiger charge is -2.13. The van der Waals surface area contributed by atoms with Crippen molar-refractivity contribution in [1.82, 2.24) is 0 Å². The topological polar surface area (TPSA) is 54.5 Å². The number of amides is 2. The molecule has 0 aromatic heterocycles. The lowest BCUT2D eigenvalue weighted by atomic mass is 10.2. The van der Waals surface area contributed by atoms with Crippen molar-refractivity contribution in [1.29, 1.82) is 0 Å². The molecule has 0 bridgehead atoms. The van der Waals surface area contributed by atoms with Crippen LogP contribution in [0.25, 0.3) is 6.08 Å². The molecule has 1 aliphatic heterocycles. The summed E-state index contributed by atoms with van der Waals surface area (Å²) in [6, 6.07) is 6.78. The minimum Gasteiger partial charge on any atom is -0.299 e. The Labute approximate surface area is 97.8 Å². The highest BCUT2D eigenvalue weighted by Gasteiger charge is 2.24. The molecule has 17 heavy (non-hydrogen) atoms. The standard InChI is InChI=1S/C13H9NO3/c15-9-1-2-10-3-5-11(6-4-10)14-12(16)7-8-13(14)17/h1-9H. The first-order valence-corrected chi connectivity index (χ1v) is 5.00. The zero-order chi connectivity index (χ0) is 12.3. The van der Waals surface area contributed by atoms with Crippen LogP contribution in [0, 0.1) is 0 Å². The van der Waals surface area contributed by atoms with E-state index in [2.05, 4.69) is 0 Å². The summed E-state index contributed by atoms with van der Waals surface area (Å²) in [4.78, 5) is 34.0. The molecule has 84 valence electrons. The van der Waals surface area contributed by atoms with E-state index in [1.165, 1.54) is 18.2 Å². The molecule has 1 aromatic carbocycles. The Morgan fingerprint density at radius 1 is 0.941 bits per heavy atom. The van der Waals surface area contributed by atoms with Gasteiger partial charge in [-0.2, -0.15) is 0 Å². The molecular weight excluding hydrogens is 218 g/mol. The van der Waals surface area contributed by atoms with Crippen molar-refractivity contribution in [2.75, 3.05) is 4.90 Å². The summed E-state index contributed by atoms with van der Waals surface area (Å²) in [6.45, 7) is 0. The fraction of sp³-hybridized carbons (Fsp3) is 0. The second-order valence-electron chi connectivity index (χ2n) is 3.43. The molecule has 0 fully saturated rings. The molecule has 0 saturated heterocycles. The number of anilines is 1. The van der Waals surface area contributed by atoms with Crippen molar-refractivity contribution in [2.24, 2.45) is 0 Å². The van der Waals surface area contributed by atoms with Crippen LogP contribution in [-0.4, -0.2) is 18.1 Å². The monoisotopic (exact) mass is 227 g/mol. The summed E-state index contributed by atoms with van der Waals surface area (Å²) in [6.07, 6.45) is 6.18. The van der Waals surface area contributed by atoms with E-state index >= 15 is 0 Å². The summed E-state index contributed by atoms with van der Waals surface area (Å²) in [5, 5.41) is 0. The Kier molecular flexibility index (Phi) is 2.96. The van der Waals surface area contributed by atoms with Gasteiger partial charge in [-0.3, -0.25) is 14.4 Å². The van der Waals surface area contributed by atoms with Crippen molar-refractivity contribution in [2.45, 2.75) is 0 Å².